The molecule has 1 aromatic heterocycles. The third-order valence-electron chi connectivity index (χ3n) is 2.45. The van der Waals surface area contributed by atoms with Gasteiger partial charge in [0, 0.05) is 11.6 Å². The Balaban J connectivity index is 2.15. The van der Waals surface area contributed by atoms with E-state index in [-0.39, 0.29) is 11.1 Å². The number of nitrogen functional groups attached to an aromatic ring is 1. The number of nitrogens with zero attached hydrogens (tertiary/aromatic N) is 2. The molecule has 3 N–H and O–H groups in total. The molecule has 7 heteroatoms. The molecule has 20 heavy (non-hydrogen) atoms. The summed E-state index contributed by atoms with van der Waals surface area (Å²) in [5, 5.41) is 2.86. The van der Waals surface area contributed by atoms with Crippen molar-refractivity contribution in [1.29, 1.82) is 0 Å². The summed E-state index contributed by atoms with van der Waals surface area (Å²) in [6.45, 7) is 2.37. The standard InChI is InChI=1S/C13H13ClN4O2/c1-2-20-10-4-3-8(5-9(10)15)13(19)18-12-6-11(14)16-7-17-12/h3-7H,2,15H2,1H3,(H,16,17,18,19). The van der Waals surface area contributed by atoms with Crippen molar-refractivity contribution in [2.75, 3.05) is 17.7 Å². The Hall–Kier alpha value is -2.34. The molecule has 0 saturated heterocycles. The van der Waals surface area contributed by atoms with E-state index in [1.165, 1.54) is 12.4 Å². The molecule has 0 bridgehead atoms. The SMILES string of the molecule is CCOc1ccc(C(=O)Nc2cc(Cl)ncn2)cc1N. The summed E-state index contributed by atoms with van der Waals surface area (Å²) in [4.78, 5) is 19.7. The van der Waals surface area contributed by atoms with Gasteiger partial charge in [-0.05, 0) is 25.1 Å². The van der Waals surface area contributed by atoms with Crippen molar-refractivity contribution in [3.63, 3.8) is 0 Å². The molecule has 2 aromatic rings. The molecule has 0 fully saturated rings. The van der Waals surface area contributed by atoms with Gasteiger partial charge in [-0.25, -0.2) is 9.97 Å². The fourth-order valence-corrected chi connectivity index (χ4v) is 1.71. The lowest BCUT2D eigenvalue weighted by molar-refractivity contribution is 0.102. The van der Waals surface area contributed by atoms with Crippen LogP contribution < -0.4 is 15.8 Å². The van der Waals surface area contributed by atoms with Gasteiger partial charge >= 0.3 is 0 Å². The topological polar surface area (TPSA) is 90.1 Å². The summed E-state index contributed by atoms with van der Waals surface area (Å²) in [7, 11) is 0. The Bertz CT molecular complexity index is 634. The van der Waals surface area contributed by atoms with Crippen LogP contribution in [0.2, 0.25) is 5.15 Å². The quantitative estimate of drug-likeness (QED) is 0.667. The number of hydrogen-bond donors (Lipinski definition) is 2. The molecule has 2 rings (SSSR count). The molecule has 0 aliphatic carbocycles. The molecule has 1 amide bonds. The van der Waals surface area contributed by atoms with Crippen LogP contribution >= 0.6 is 11.6 Å². The van der Waals surface area contributed by atoms with E-state index >= 15 is 0 Å². The second-order valence-corrected chi connectivity index (χ2v) is 4.25. The lowest BCUT2D eigenvalue weighted by Crippen LogP contribution is -2.13. The maximum atomic E-state index is 12.0. The van der Waals surface area contributed by atoms with Crippen molar-refractivity contribution >= 4 is 29.0 Å². The van der Waals surface area contributed by atoms with Crippen molar-refractivity contribution in [2.45, 2.75) is 6.92 Å². The average Bonchev–Trinajstić information content (AvgIpc) is 2.41. The molecule has 0 atom stereocenters. The Morgan fingerprint density at radius 1 is 1.40 bits per heavy atom. The number of nitrogens with one attached hydrogen (secondary N) is 1. The van der Waals surface area contributed by atoms with Crippen LogP contribution in [0, 0.1) is 0 Å². The Labute approximate surface area is 120 Å². The first-order valence-corrected chi connectivity index (χ1v) is 6.29. The van der Waals surface area contributed by atoms with Gasteiger partial charge in [0.05, 0.1) is 12.3 Å². The molecule has 0 unspecified atom stereocenters. The monoisotopic (exact) mass is 292 g/mol. The van der Waals surface area contributed by atoms with Crippen LogP contribution in [0.4, 0.5) is 11.5 Å². The molecule has 1 aromatic carbocycles. The molecule has 0 saturated carbocycles. The highest BCUT2D eigenvalue weighted by Gasteiger charge is 2.10. The number of hydrogen-bond acceptors (Lipinski definition) is 5. The summed E-state index contributed by atoms with van der Waals surface area (Å²) >= 11 is 5.72. The van der Waals surface area contributed by atoms with E-state index < -0.39 is 0 Å². The van der Waals surface area contributed by atoms with E-state index in [0.29, 0.717) is 29.4 Å². The Morgan fingerprint density at radius 3 is 2.85 bits per heavy atom. The summed E-state index contributed by atoms with van der Waals surface area (Å²) < 4.78 is 5.31. The minimum atomic E-state index is -0.338. The molecule has 0 aliphatic rings. The van der Waals surface area contributed by atoms with Crippen LogP contribution in [0.3, 0.4) is 0 Å². The Kier molecular flexibility index (Phi) is 4.37. The highest BCUT2D eigenvalue weighted by Crippen LogP contribution is 2.23. The van der Waals surface area contributed by atoms with Gasteiger partial charge in [0.25, 0.3) is 5.91 Å². The fraction of sp³-hybridized carbons (Fsp3) is 0.154. The maximum Gasteiger partial charge on any atom is 0.256 e. The lowest BCUT2D eigenvalue weighted by Gasteiger charge is -2.09. The number of benzene rings is 1. The van der Waals surface area contributed by atoms with E-state index in [2.05, 4.69) is 15.3 Å². The largest absolute Gasteiger partial charge is 0.492 e. The van der Waals surface area contributed by atoms with Gasteiger partial charge in [0.15, 0.2) is 0 Å². The van der Waals surface area contributed by atoms with Crippen LogP contribution in [-0.2, 0) is 0 Å². The molecule has 0 radical (unpaired) electrons. The van der Waals surface area contributed by atoms with E-state index in [4.69, 9.17) is 22.1 Å². The van der Waals surface area contributed by atoms with Crippen LogP contribution in [0.5, 0.6) is 5.75 Å². The van der Waals surface area contributed by atoms with Crippen molar-refractivity contribution < 1.29 is 9.53 Å². The molecular weight excluding hydrogens is 280 g/mol. The summed E-state index contributed by atoms with van der Waals surface area (Å²) in [6.07, 6.45) is 1.27. The first-order valence-electron chi connectivity index (χ1n) is 5.91. The van der Waals surface area contributed by atoms with E-state index in [1.54, 1.807) is 18.2 Å². The van der Waals surface area contributed by atoms with Crippen molar-refractivity contribution in [1.82, 2.24) is 9.97 Å². The second kappa shape index (κ2) is 6.21. The zero-order valence-corrected chi connectivity index (χ0v) is 11.5. The fourth-order valence-electron chi connectivity index (χ4n) is 1.57. The molecular formula is C13H13ClN4O2. The number of ether oxygens (including phenoxy) is 1. The number of carbonyl (C=O) groups is 1. The number of aromatic nitrogens is 2. The van der Waals surface area contributed by atoms with Crippen LogP contribution in [0.1, 0.15) is 17.3 Å². The number of halogens is 1. The van der Waals surface area contributed by atoms with E-state index in [9.17, 15) is 4.79 Å². The molecule has 6 nitrogen and oxygen atoms in total. The lowest BCUT2D eigenvalue weighted by atomic mass is 10.1. The van der Waals surface area contributed by atoms with Gasteiger partial charge in [0.1, 0.15) is 23.0 Å². The number of rotatable bonds is 4. The minimum Gasteiger partial charge on any atom is -0.492 e. The Morgan fingerprint density at radius 2 is 2.20 bits per heavy atom. The molecule has 0 aliphatic heterocycles. The zero-order chi connectivity index (χ0) is 14.5. The molecule has 104 valence electrons. The summed E-state index contributed by atoms with van der Waals surface area (Å²) in [5.74, 6) is 0.533. The predicted octanol–water partition coefficient (Wildman–Crippen LogP) is 2.36. The summed E-state index contributed by atoms with van der Waals surface area (Å²) in [5.41, 5.74) is 6.62. The minimum absolute atomic E-state index is 0.251. The highest BCUT2D eigenvalue weighted by molar-refractivity contribution is 6.29. The van der Waals surface area contributed by atoms with Gasteiger partial charge in [-0.15, -0.1) is 0 Å². The first-order chi connectivity index (χ1) is 9.60. The smallest absolute Gasteiger partial charge is 0.256 e. The van der Waals surface area contributed by atoms with Crippen molar-refractivity contribution in [3.8, 4) is 5.75 Å². The average molecular weight is 293 g/mol. The molecule has 1 heterocycles. The van der Waals surface area contributed by atoms with Gasteiger partial charge in [0.2, 0.25) is 0 Å². The van der Waals surface area contributed by atoms with Gasteiger partial charge in [-0.3, -0.25) is 4.79 Å². The predicted molar refractivity (Wildman–Crippen MR) is 77.0 cm³/mol. The number of carbonyl (C=O) groups excluding carboxylic acids is 1. The second-order valence-electron chi connectivity index (χ2n) is 3.87. The van der Waals surface area contributed by atoms with Crippen molar-refractivity contribution in [2.24, 2.45) is 0 Å². The van der Waals surface area contributed by atoms with Gasteiger partial charge in [-0.2, -0.15) is 0 Å². The van der Waals surface area contributed by atoms with E-state index in [0.717, 1.165) is 0 Å². The number of amides is 1. The highest BCUT2D eigenvalue weighted by atomic mass is 35.5. The first kappa shape index (κ1) is 14.1. The van der Waals surface area contributed by atoms with Crippen LogP contribution in [-0.4, -0.2) is 22.5 Å². The van der Waals surface area contributed by atoms with Crippen LogP contribution in [0.25, 0.3) is 0 Å². The maximum absolute atomic E-state index is 12.0. The molecule has 0 spiro atoms. The summed E-state index contributed by atoms with van der Waals surface area (Å²) in [6, 6.07) is 6.28. The third kappa shape index (κ3) is 3.36. The normalized spacial score (nSPS) is 10.1. The van der Waals surface area contributed by atoms with Gasteiger partial charge in [-0.1, -0.05) is 11.6 Å². The van der Waals surface area contributed by atoms with E-state index in [1.807, 2.05) is 6.92 Å². The van der Waals surface area contributed by atoms with Gasteiger partial charge < -0.3 is 15.8 Å². The number of anilines is 2. The van der Waals surface area contributed by atoms with Crippen molar-refractivity contribution in [3.05, 3.63) is 41.3 Å². The third-order valence-corrected chi connectivity index (χ3v) is 2.65. The van der Waals surface area contributed by atoms with Crippen LogP contribution in [0.15, 0.2) is 30.6 Å². The number of nitrogens with two attached hydrogens (primary N) is 1. The zero-order valence-electron chi connectivity index (χ0n) is 10.8.